The van der Waals surface area contributed by atoms with Gasteiger partial charge in [-0.05, 0) is 18.1 Å². The van der Waals surface area contributed by atoms with Gasteiger partial charge in [0, 0.05) is 45.5 Å². The molecule has 1 heterocycles. The zero-order valence-electron chi connectivity index (χ0n) is 13.3. The second-order valence-electron chi connectivity index (χ2n) is 5.83. The average molecular weight is 292 g/mol. The number of nitriles is 2. The minimum atomic E-state index is 0.222. The molecular weight excluding hydrogens is 272 g/mol. The molecule has 1 aliphatic rings. The number of rotatable bonds is 3. The SMILES string of the molecule is Cc1cccc(CN2CC(=CN(C)C)C(=C(C#N)C#N)C2)c1. The lowest BCUT2D eigenvalue weighted by molar-refractivity contribution is 0.346. The Hall–Kier alpha value is -2.56. The Kier molecular flexibility index (Phi) is 4.99. The van der Waals surface area contributed by atoms with Crippen LogP contribution in [0.1, 0.15) is 11.1 Å². The molecule has 0 aromatic heterocycles. The molecule has 0 atom stereocenters. The summed E-state index contributed by atoms with van der Waals surface area (Å²) in [6.07, 6.45) is 2.00. The maximum absolute atomic E-state index is 9.16. The van der Waals surface area contributed by atoms with Crippen LogP contribution in [0.5, 0.6) is 0 Å². The van der Waals surface area contributed by atoms with Crippen molar-refractivity contribution >= 4 is 0 Å². The zero-order valence-corrected chi connectivity index (χ0v) is 13.3. The highest BCUT2D eigenvalue weighted by Gasteiger charge is 2.25. The minimum absolute atomic E-state index is 0.222. The van der Waals surface area contributed by atoms with Crippen molar-refractivity contribution in [1.82, 2.24) is 9.80 Å². The third kappa shape index (κ3) is 3.75. The van der Waals surface area contributed by atoms with Gasteiger partial charge in [0.25, 0.3) is 0 Å². The van der Waals surface area contributed by atoms with E-state index in [9.17, 15) is 0 Å². The van der Waals surface area contributed by atoms with Gasteiger partial charge in [-0.15, -0.1) is 0 Å². The molecule has 1 aliphatic heterocycles. The van der Waals surface area contributed by atoms with Crippen LogP contribution in [-0.2, 0) is 6.54 Å². The van der Waals surface area contributed by atoms with Crippen LogP contribution >= 0.6 is 0 Å². The van der Waals surface area contributed by atoms with Crippen molar-refractivity contribution in [2.24, 2.45) is 0 Å². The van der Waals surface area contributed by atoms with Gasteiger partial charge in [0.2, 0.25) is 0 Å². The summed E-state index contributed by atoms with van der Waals surface area (Å²) < 4.78 is 0. The van der Waals surface area contributed by atoms with Crippen molar-refractivity contribution in [2.45, 2.75) is 13.5 Å². The fourth-order valence-corrected chi connectivity index (χ4v) is 2.73. The van der Waals surface area contributed by atoms with Gasteiger partial charge < -0.3 is 4.90 Å². The van der Waals surface area contributed by atoms with Crippen LogP contribution in [0, 0.1) is 29.6 Å². The van der Waals surface area contributed by atoms with Gasteiger partial charge in [-0.25, -0.2) is 0 Å². The average Bonchev–Trinajstić information content (AvgIpc) is 2.82. The summed E-state index contributed by atoms with van der Waals surface area (Å²) in [6, 6.07) is 12.5. The Bertz CT molecular complexity index is 683. The topological polar surface area (TPSA) is 54.1 Å². The van der Waals surface area contributed by atoms with Gasteiger partial charge >= 0.3 is 0 Å². The Balaban J connectivity index is 2.26. The number of hydrogen-bond donors (Lipinski definition) is 0. The normalized spacial score (nSPS) is 16.4. The number of nitrogens with zero attached hydrogens (tertiary/aromatic N) is 4. The van der Waals surface area contributed by atoms with E-state index in [1.165, 1.54) is 11.1 Å². The minimum Gasteiger partial charge on any atom is -0.383 e. The Morgan fingerprint density at radius 3 is 2.59 bits per heavy atom. The smallest absolute Gasteiger partial charge is 0.134 e. The first kappa shape index (κ1) is 15.8. The lowest BCUT2D eigenvalue weighted by Gasteiger charge is -2.14. The molecule has 1 fully saturated rings. The van der Waals surface area contributed by atoms with Crippen LogP contribution in [0.15, 0.2) is 47.2 Å². The second-order valence-corrected chi connectivity index (χ2v) is 5.83. The number of hydrogen-bond acceptors (Lipinski definition) is 4. The summed E-state index contributed by atoms with van der Waals surface area (Å²) in [5.74, 6) is 0. The van der Waals surface area contributed by atoms with E-state index in [0.29, 0.717) is 6.54 Å². The van der Waals surface area contributed by atoms with E-state index in [1.807, 2.05) is 37.3 Å². The quantitative estimate of drug-likeness (QED) is 0.804. The molecule has 1 aromatic carbocycles. The van der Waals surface area contributed by atoms with Crippen molar-refractivity contribution in [2.75, 3.05) is 27.2 Å². The fourth-order valence-electron chi connectivity index (χ4n) is 2.73. The van der Waals surface area contributed by atoms with Gasteiger partial charge in [0.05, 0.1) is 0 Å². The number of benzene rings is 1. The van der Waals surface area contributed by atoms with Gasteiger partial charge in [-0.2, -0.15) is 10.5 Å². The van der Waals surface area contributed by atoms with E-state index < -0.39 is 0 Å². The van der Waals surface area contributed by atoms with Crippen LogP contribution in [0.2, 0.25) is 0 Å². The summed E-state index contributed by atoms with van der Waals surface area (Å²) in [6.45, 7) is 4.30. The van der Waals surface area contributed by atoms with Crippen molar-refractivity contribution in [3.63, 3.8) is 0 Å². The molecule has 112 valence electrons. The van der Waals surface area contributed by atoms with E-state index >= 15 is 0 Å². The monoisotopic (exact) mass is 292 g/mol. The van der Waals surface area contributed by atoms with E-state index in [2.05, 4.69) is 36.1 Å². The van der Waals surface area contributed by atoms with E-state index in [-0.39, 0.29) is 5.57 Å². The standard InChI is InChI=1S/C18H20N4/c1-14-5-4-6-15(7-14)10-22-12-17(11-21(2)3)18(13-22)16(8-19)9-20/h4-7,11H,10,12-13H2,1-3H3. The first-order chi connectivity index (χ1) is 10.5. The van der Waals surface area contributed by atoms with Crippen molar-refractivity contribution in [3.8, 4) is 12.1 Å². The highest BCUT2D eigenvalue weighted by Crippen LogP contribution is 2.26. The van der Waals surface area contributed by atoms with Crippen LogP contribution < -0.4 is 0 Å². The number of likely N-dealkylation sites (tertiary alicyclic amines) is 1. The predicted octanol–water partition coefficient (Wildman–Crippen LogP) is 2.60. The molecule has 4 heteroatoms. The van der Waals surface area contributed by atoms with Gasteiger partial charge in [0.1, 0.15) is 17.7 Å². The highest BCUT2D eigenvalue weighted by atomic mass is 15.1. The summed E-state index contributed by atoms with van der Waals surface area (Å²) >= 11 is 0. The Morgan fingerprint density at radius 1 is 1.27 bits per heavy atom. The lowest BCUT2D eigenvalue weighted by atomic mass is 10.1. The second kappa shape index (κ2) is 6.93. The number of allylic oxidation sites excluding steroid dienone is 1. The van der Waals surface area contributed by atoms with Gasteiger partial charge in [0.15, 0.2) is 0 Å². The number of aryl methyl sites for hydroxylation is 1. The van der Waals surface area contributed by atoms with E-state index in [4.69, 9.17) is 10.5 Å². The molecule has 1 aromatic rings. The van der Waals surface area contributed by atoms with Crippen LogP contribution in [-0.4, -0.2) is 37.0 Å². The molecule has 0 aliphatic carbocycles. The van der Waals surface area contributed by atoms with Crippen molar-refractivity contribution in [1.29, 1.82) is 10.5 Å². The molecule has 0 radical (unpaired) electrons. The van der Waals surface area contributed by atoms with Crippen LogP contribution in [0.4, 0.5) is 0 Å². The third-order valence-electron chi connectivity index (χ3n) is 3.59. The molecule has 0 saturated carbocycles. The molecular formula is C18H20N4. The van der Waals surface area contributed by atoms with Gasteiger partial charge in [-0.1, -0.05) is 29.8 Å². The lowest BCUT2D eigenvalue weighted by Crippen LogP contribution is -2.19. The summed E-state index contributed by atoms with van der Waals surface area (Å²) in [4.78, 5) is 4.21. The largest absolute Gasteiger partial charge is 0.383 e. The Labute approximate surface area is 132 Å². The molecule has 22 heavy (non-hydrogen) atoms. The predicted molar refractivity (Wildman–Crippen MR) is 86.5 cm³/mol. The first-order valence-electron chi connectivity index (χ1n) is 7.22. The molecule has 0 spiro atoms. The van der Waals surface area contributed by atoms with Crippen molar-refractivity contribution < 1.29 is 0 Å². The summed E-state index contributed by atoms with van der Waals surface area (Å²) in [7, 11) is 3.90. The molecule has 4 nitrogen and oxygen atoms in total. The molecule has 1 saturated heterocycles. The van der Waals surface area contributed by atoms with Gasteiger partial charge in [-0.3, -0.25) is 4.90 Å². The maximum atomic E-state index is 9.16. The zero-order chi connectivity index (χ0) is 16.1. The maximum Gasteiger partial charge on any atom is 0.134 e. The fraction of sp³-hybridized carbons (Fsp3) is 0.333. The van der Waals surface area contributed by atoms with Crippen LogP contribution in [0.3, 0.4) is 0 Å². The summed E-state index contributed by atoms with van der Waals surface area (Å²) in [5, 5.41) is 18.3. The Morgan fingerprint density at radius 2 is 2.00 bits per heavy atom. The third-order valence-corrected chi connectivity index (χ3v) is 3.59. The molecule has 0 bridgehead atoms. The molecule has 0 amide bonds. The molecule has 0 N–H and O–H groups in total. The molecule has 2 rings (SSSR count). The first-order valence-corrected chi connectivity index (χ1v) is 7.22. The van der Waals surface area contributed by atoms with E-state index in [0.717, 1.165) is 24.2 Å². The highest BCUT2D eigenvalue weighted by molar-refractivity contribution is 5.52. The van der Waals surface area contributed by atoms with Crippen LogP contribution in [0.25, 0.3) is 0 Å². The van der Waals surface area contributed by atoms with Crippen molar-refractivity contribution in [3.05, 3.63) is 58.3 Å². The van der Waals surface area contributed by atoms with E-state index in [1.54, 1.807) is 0 Å². The molecule has 0 unspecified atom stereocenters. The summed E-state index contributed by atoms with van der Waals surface area (Å²) in [5.41, 5.74) is 4.62.